The molecule has 1 heterocycles. The van der Waals surface area contributed by atoms with E-state index >= 15 is 0 Å². The lowest BCUT2D eigenvalue weighted by atomic mass is 9.80. The number of benzene rings is 1. The van der Waals surface area contributed by atoms with Crippen molar-refractivity contribution in [1.29, 1.82) is 0 Å². The van der Waals surface area contributed by atoms with E-state index in [9.17, 15) is 9.90 Å². The summed E-state index contributed by atoms with van der Waals surface area (Å²) < 4.78 is 16.6. The Morgan fingerprint density at radius 2 is 1.78 bits per heavy atom. The molecule has 1 fully saturated rings. The van der Waals surface area contributed by atoms with E-state index < -0.39 is 12.1 Å². The van der Waals surface area contributed by atoms with Gasteiger partial charge in [-0.05, 0) is 80.5 Å². The third-order valence-corrected chi connectivity index (χ3v) is 8.60. The normalized spacial score (nSPS) is 17.8. The number of ether oxygens (including phenoxy) is 3. The van der Waals surface area contributed by atoms with E-state index in [1.165, 1.54) is 0 Å². The van der Waals surface area contributed by atoms with E-state index in [1.807, 2.05) is 6.07 Å². The van der Waals surface area contributed by atoms with E-state index in [1.54, 1.807) is 14.2 Å². The molecule has 1 aliphatic rings. The third kappa shape index (κ3) is 12.1. The molecule has 4 unspecified atom stereocenters. The summed E-state index contributed by atoms with van der Waals surface area (Å²) in [5.41, 5.74) is 7.76. The van der Waals surface area contributed by atoms with Gasteiger partial charge in [0.25, 0.3) is 0 Å². The van der Waals surface area contributed by atoms with E-state index in [0.29, 0.717) is 37.7 Å². The summed E-state index contributed by atoms with van der Waals surface area (Å²) in [5.74, 6) is 2.01. The van der Waals surface area contributed by atoms with Crippen molar-refractivity contribution in [3.63, 3.8) is 0 Å². The van der Waals surface area contributed by atoms with Gasteiger partial charge in [-0.25, -0.2) is 0 Å². The van der Waals surface area contributed by atoms with Crippen LogP contribution in [0.1, 0.15) is 78.7 Å². The van der Waals surface area contributed by atoms with Gasteiger partial charge in [0.15, 0.2) is 11.5 Å². The van der Waals surface area contributed by atoms with Crippen LogP contribution in [0.5, 0.6) is 11.5 Å². The van der Waals surface area contributed by atoms with Crippen molar-refractivity contribution in [2.45, 2.75) is 97.8 Å². The van der Waals surface area contributed by atoms with Gasteiger partial charge in [-0.3, -0.25) is 4.79 Å². The van der Waals surface area contributed by atoms with Crippen molar-refractivity contribution >= 4 is 5.91 Å². The molecule has 1 amide bonds. The minimum absolute atomic E-state index is 0.0527. The van der Waals surface area contributed by atoms with Crippen LogP contribution in [0.25, 0.3) is 0 Å². The smallest absolute Gasteiger partial charge is 0.223 e. The minimum Gasteiger partial charge on any atom is -0.493 e. The van der Waals surface area contributed by atoms with Gasteiger partial charge in [0, 0.05) is 51.2 Å². The Bertz CT molecular complexity index is 872. The summed E-state index contributed by atoms with van der Waals surface area (Å²) in [7, 11) is 3.33. The average molecular weight is 578 g/mol. The Hall–Kier alpha value is -1.87. The topological polar surface area (TPSA) is 106 Å². The molecule has 0 spiro atoms. The van der Waals surface area contributed by atoms with Crippen LogP contribution in [-0.4, -0.2) is 81.2 Å². The number of hydrogen-bond acceptors (Lipinski definition) is 7. The summed E-state index contributed by atoms with van der Waals surface area (Å²) in [4.78, 5) is 15.8. The third-order valence-electron chi connectivity index (χ3n) is 8.60. The lowest BCUT2D eigenvalue weighted by molar-refractivity contribution is -0.128. The number of nitrogens with two attached hydrogens (primary N) is 1. The molecule has 0 aromatic heterocycles. The Morgan fingerprint density at radius 3 is 2.37 bits per heavy atom. The summed E-state index contributed by atoms with van der Waals surface area (Å²) in [6.45, 7) is 15.1. The maximum atomic E-state index is 13.3. The van der Waals surface area contributed by atoms with Crippen LogP contribution in [0.2, 0.25) is 0 Å². The maximum Gasteiger partial charge on any atom is 0.223 e. The number of carbonyl (C=O) groups is 1. The zero-order valence-electron chi connectivity index (χ0n) is 26.9. The molecule has 8 heteroatoms. The van der Waals surface area contributed by atoms with Gasteiger partial charge >= 0.3 is 0 Å². The molecule has 0 saturated carbocycles. The van der Waals surface area contributed by atoms with E-state index in [2.05, 4.69) is 57.0 Å². The van der Waals surface area contributed by atoms with E-state index in [-0.39, 0.29) is 29.7 Å². The van der Waals surface area contributed by atoms with Crippen LogP contribution >= 0.6 is 0 Å². The maximum absolute atomic E-state index is 13.3. The van der Waals surface area contributed by atoms with Gasteiger partial charge < -0.3 is 35.3 Å². The first-order valence-corrected chi connectivity index (χ1v) is 15.8. The lowest BCUT2D eigenvalue weighted by Crippen LogP contribution is -2.48. The number of nitrogens with one attached hydrogen (secondary N) is 1. The molecule has 8 nitrogen and oxygen atoms in total. The molecule has 0 aliphatic carbocycles. The molecule has 41 heavy (non-hydrogen) atoms. The number of rotatable bonds is 19. The molecular formula is C33H59N3O5. The van der Waals surface area contributed by atoms with Crippen molar-refractivity contribution in [1.82, 2.24) is 10.2 Å². The van der Waals surface area contributed by atoms with Crippen molar-refractivity contribution < 1.29 is 24.1 Å². The number of nitrogens with zero attached hydrogens (tertiary/aromatic N) is 1. The number of aliphatic hydroxyl groups excluding tert-OH is 1. The zero-order valence-corrected chi connectivity index (χ0v) is 26.9. The Kier molecular flexibility index (Phi) is 16.0. The van der Waals surface area contributed by atoms with Crippen LogP contribution in [0.15, 0.2) is 18.2 Å². The minimum atomic E-state index is -0.739. The standard InChI is InChI=1S/C33H59N3O5/c1-8-14-36-15-12-27(13-16-36)35-33(38)28(24(4)5)22-30(37)29(34)21-26(23(2)3)19-25-10-11-31(40-7)32(20-25)41-18-9-17-39-6/h10-11,20,23-24,26-30,37H,8-9,12-19,21-22,34H2,1-7H3,(H,35,38). The Balaban J connectivity index is 1.97. The monoisotopic (exact) mass is 577 g/mol. The number of aliphatic hydroxyl groups is 1. The first kappa shape index (κ1) is 35.3. The van der Waals surface area contributed by atoms with Crippen molar-refractivity contribution in [3.05, 3.63) is 23.8 Å². The number of methoxy groups -OCH3 is 2. The molecular weight excluding hydrogens is 518 g/mol. The highest BCUT2D eigenvalue weighted by Gasteiger charge is 2.31. The van der Waals surface area contributed by atoms with Gasteiger partial charge in [0.05, 0.1) is 19.8 Å². The summed E-state index contributed by atoms with van der Waals surface area (Å²) in [6, 6.07) is 5.88. The summed E-state index contributed by atoms with van der Waals surface area (Å²) in [5, 5.41) is 14.5. The fourth-order valence-electron chi connectivity index (χ4n) is 5.79. The Morgan fingerprint density at radius 1 is 1.07 bits per heavy atom. The highest BCUT2D eigenvalue weighted by atomic mass is 16.5. The molecule has 0 radical (unpaired) electrons. The van der Waals surface area contributed by atoms with Gasteiger partial charge in [-0.2, -0.15) is 0 Å². The second-order valence-corrected chi connectivity index (χ2v) is 12.6. The van der Waals surface area contributed by atoms with Gasteiger partial charge in [-0.15, -0.1) is 0 Å². The number of likely N-dealkylation sites (tertiary alicyclic amines) is 1. The highest BCUT2D eigenvalue weighted by molar-refractivity contribution is 5.79. The van der Waals surface area contributed by atoms with Crippen LogP contribution < -0.4 is 20.5 Å². The number of amides is 1. The van der Waals surface area contributed by atoms with E-state index in [4.69, 9.17) is 19.9 Å². The van der Waals surface area contributed by atoms with Crippen LogP contribution in [0.3, 0.4) is 0 Å². The molecule has 4 atom stereocenters. The predicted molar refractivity (Wildman–Crippen MR) is 166 cm³/mol. The van der Waals surface area contributed by atoms with Crippen molar-refractivity contribution in [2.24, 2.45) is 29.4 Å². The molecule has 1 saturated heterocycles. The second kappa shape index (κ2) is 18.6. The predicted octanol–water partition coefficient (Wildman–Crippen LogP) is 4.66. The molecule has 1 aliphatic heterocycles. The second-order valence-electron chi connectivity index (χ2n) is 12.6. The quantitative estimate of drug-likeness (QED) is 0.205. The summed E-state index contributed by atoms with van der Waals surface area (Å²) in [6.07, 6.45) is 5.08. The van der Waals surface area contributed by atoms with Crippen molar-refractivity contribution in [2.75, 3.05) is 47.1 Å². The number of hydrogen-bond donors (Lipinski definition) is 3. The van der Waals surface area contributed by atoms with Crippen LogP contribution in [-0.2, 0) is 16.0 Å². The Labute approximate surface area is 249 Å². The average Bonchev–Trinajstić information content (AvgIpc) is 2.94. The zero-order chi connectivity index (χ0) is 30.4. The van der Waals surface area contributed by atoms with Gasteiger partial charge in [0.2, 0.25) is 5.91 Å². The van der Waals surface area contributed by atoms with Crippen molar-refractivity contribution in [3.8, 4) is 11.5 Å². The summed E-state index contributed by atoms with van der Waals surface area (Å²) >= 11 is 0. The first-order chi connectivity index (χ1) is 19.6. The molecule has 0 bridgehead atoms. The first-order valence-electron chi connectivity index (χ1n) is 15.8. The molecule has 236 valence electrons. The molecule has 2 rings (SSSR count). The SMILES string of the molecule is CCCN1CCC(NC(=O)C(CC(O)C(N)CC(Cc2ccc(OC)c(OCCCOC)c2)C(C)C)C(C)C)CC1. The number of piperidine rings is 1. The van der Waals surface area contributed by atoms with Crippen LogP contribution in [0, 0.1) is 23.7 Å². The number of carbonyl (C=O) groups excluding carboxylic acids is 1. The molecule has 1 aromatic carbocycles. The molecule has 4 N–H and O–H groups in total. The fraction of sp³-hybridized carbons (Fsp3) is 0.788. The fourth-order valence-corrected chi connectivity index (χ4v) is 5.79. The van der Waals surface area contributed by atoms with Crippen LogP contribution in [0.4, 0.5) is 0 Å². The van der Waals surface area contributed by atoms with Gasteiger partial charge in [0.1, 0.15) is 0 Å². The molecule has 1 aromatic rings. The van der Waals surface area contributed by atoms with Gasteiger partial charge in [-0.1, -0.05) is 40.7 Å². The largest absolute Gasteiger partial charge is 0.493 e. The highest BCUT2D eigenvalue weighted by Crippen LogP contribution is 2.32. The lowest BCUT2D eigenvalue weighted by Gasteiger charge is -2.34. The van der Waals surface area contributed by atoms with E-state index in [0.717, 1.165) is 63.1 Å².